The maximum Gasteiger partial charge on any atom is 0.272 e. The van der Waals surface area contributed by atoms with Crippen LogP contribution >= 0.6 is 0 Å². The van der Waals surface area contributed by atoms with E-state index >= 15 is 0 Å². The first kappa shape index (κ1) is 18.3. The Labute approximate surface area is 154 Å². The number of carbonyl (C=O) groups is 1. The quantitative estimate of drug-likeness (QED) is 0.847. The van der Waals surface area contributed by atoms with E-state index in [1.165, 1.54) is 5.56 Å². The van der Waals surface area contributed by atoms with Crippen LogP contribution in [0.2, 0.25) is 0 Å². The van der Waals surface area contributed by atoms with Crippen molar-refractivity contribution in [2.24, 2.45) is 7.05 Å². The summed E-state index contributed by atoms with van der Waals surface area (Å²) in [4.78, 5) is 14.9. The molecule has 6 nitrogen and oxygen atoms in total. The summed E-state index contributed by atoms with van der Waals surface area (Å²) in [6, 6.07) is 5.89. The van der Waals surface area contributed by atoms with Crippen LogP contribution in [0.3, 0.4) is 0 Å². The van der Waals surface area contributed by atoms with Crippen molar-refractivity contribution in [1.29, 1.82) is 0 Å². The number of amides is 1. The lowest BCUT2D eigenvalue weighted by atomic mass is 9.92. The zero-order chi connectivity index (χ0) is 19.1. The molecule has 26 heavy (non-hydrogen) atoms. The number of methoxy groups -OCH3 is 2. The van der Waals surface area contributed by atoms with Gasteiger partial charge in [-0.3, -0.25) is 9.48 Å². The summed E-state index contributed by atoms with van der Waals surface area (Å²) in [6.07, 6.45) is 0.797. The molecule has 1 aromatic heterocycles. The Kier molecular flexibility index (Phi) is 4.69. The van der Waals surface area contributed by atoms with Gasteiger partial charge in [0.1, 0.15) is 5.69 Å². The molecule has 0 saturated carbocycles. The largest absolute Gasteiger partial charge is 0.493 e. The Morgan fingerprint density at radius 1 is 1.08 bits per heavy atom. The molecule has 0 bridgehead atoms. The SMILES string of the molecule is COc1cc2c(cc1OC)CN(C(=O)c1cc(C(C)(C)C)nn1C)CC2. The van der Waals surface area contributed by atoms with Crippen molar-refractivity contribution in [3.8, 4) is 11.5 Å². The summed E-state index contributed by atoms with van der Waals surface area (Å²) in [7, 11) is 5.09. The minimum Gasteiger partial charge on any atom is -0.493 e. The number of benzene rings is 1. The molecule has 0 saturated heterocycles. The van der Waals surface area contributed by atoms with Gasteiger partial charge in [-0.2, -0.15) is 5.10 Å². The summed E-state index contributed by atoms with van der Waals surface area (Å²) in [5.74, 6) is 1.43. The van der Waals surface area contributed by atoms with Gasteiger partial charge in [0.2, 0.25) is 0 Å². The summed E-state index contributed by atoms with van der Waals surface area (Å²) >= 11 is 0. The lowest BCUT2D eigenvalue weighted by Crippen LogP contribution is -2.37. The average molecular weight is 357 g/mol. The van der Waals surface area contributed by atoms with E-state index in [1.807, 2.05) is 30.1 Å². The van der Waals surface area contributed by atoms with Crippen LogP contribution in [0.5, 0.6) is 11.5 Å². The molecule has 0 radical (unpaired) electrons. The molecular weight excluding hydrogens is 330 g/mol. The smallest absolute Gasteiger partial charge is 0.272 e. The molecule has 0 spiro atoms. The minimum atomic E-state index is -0.0886. The molecule has 0 aliphatic carbocycles. The maximum absolute atomic E-state index is 13.1. The zero-order valence-corrected chi connectivity index (χ0v) is 16.4. The number of carbonyl (C=O) groups excluding carboxylic acids is 1. The monoisotopic (exact) mass is 357 g/mol. The highest BCUT2D eigenvalue weighted by atomic mass is 16.5. The average Bonchev–Trinajstić information content (AvgIpc) is 3.01. The van der Waals surface area contributed by atoms with E-state index in [-0.39, 0.29) is 11.3 Å². The highest BCUT2D eigenvalue weighted by Gasteiger charge is 2.27. The number of hydrogen-bond acceptors (Lipinski definition) is 4. The van der Waals surface area contributed by atoms with Gasteiger partial charge in [-0.15, -0.1) is 0 Å². The van der Waals surface area contributed by atoms with E-state index in [9.17, 15) is 4.79 Å². The second-order valence-corrected chi connectivity index (χ2v) is 7.74. The molecule has 0 unspecified atom stereocenters. The minimum absolute atomic E-state index is 0.0101. The molecule has 0 atom stereocenters. The lowest BCUT2D eigenvalue weighted by molar-refractivity contribution is 0.0723. The number of rotatable bonds is 3. The van der Waals surface area contributed by atoms with Crippen LogP contribution in [-0.4, -0.2) is 41.4 Å². The molecule has 2 aromatic rings. The fraction of sp³-hybridized carbons (Fsp3) is 0.500. The second-order valence-electron chi connectivity index (χ2n) is 7.74. The molecule has 0 fully saturated rings. The van der Waals surface area contributed by atoms with Crippen molar-refractivity contribution in [2.75, 3.05) is 20.8 Å². The van der Waals surface area contributed by atoms with Gasteiger partial charge >= 0.3 is 0 Å². The van der Waals surface area contributed by atoms with E-state index in [2.05, 4.69) is 25.9 Å². The van der Waals surface area contributed by atoms with Gasteiger partial charge in [0.15, 0.2) is 11.5 Å². The zero-order valence-electron chi connectivity index (χ0n) is 16.4. The lowest BCUT2D eigenvalue weighted by Gasteiger charge is -2.29. The molecule has 6 heteroatoms. The maximum atomic E-state index is 13.1. The predicted octanol–water partition coefficient (Wildman–Crippen LogP) is 2.93. The van der Waals surface area contributed by atoms with Gasteiger partial charge in [0.05, 0.1) is 19.9 Å². The standard InChI is InChI=1S/C20H27N3O3/c1-20(2,3)18-11-15(22(4)21-18)19(24)23-8-7-13-9-16(25-5)17(26-6)10-14(13)12-23/h9-11H,7-8,12H2,1-6H3. The number of fused-ring (bicyclic) bond motifs is 1. The van der Waals surface area contributed by atoms with Crippen LogP contribution in [0, 0.1) is 0 Å². The first-order chi connectivity index (χ1) is 12.2. The van der Waals surface area contributed by atoms with Crippen molar-refractivity contribution in [1.82, 2.24) is 14.7 Å². The highest BCUT2D eigenvalue weighted by Crippen LogP contribution is 2.33. The third-order valence-corrected chi connectivity index (χ3v) is 4.87. The molecular formula is C20H27N3O3. The van der Waals surface area contributed by atoms with Crippen LogP contribution in [0.15, 0.2) is 18.2 Å². The van der Waals surface area contributed by atoms with Crippen LogP contribution in [0.25, 0.3) is 0 Å². The molecule has 1 aliphatic heterocycles. The number of hydrogen-bond donors (Lipinski definition) is 0. The molecule has 1 aliphatic rings. The summed E-state index contributed by atoms with van der Waals surface area (Å²) in [5.41, 5.74) is 3.76. The first-order valence-electron chi connectivity index (χ1n) is 8.82. The second kappa shape index (κ2) is 6.67. The van der Waals surface area contributed by atoms with Crippen LogP contribution in [0.1, 0.15) is 48.1 Å². The van der Waals surface area contributed by atoms with E-state index in [1.54, 1.807) is 18.9 Å². The molecule has 3 rings (SSSR count). The highest BCUT2D eigenvalue weighted by molar-refractivity contribution is 5.93. The van der Waals surface area contributed by atoms with Gasteiger partial charge in [-0.25, -0.2) is 0 Å². The number of ether oxygens (including phenoxy) is 2. The molecule has 2 heterocycles. The Morgan fingerprint density at radius 3 is 2.23 bits per heavy atom. The van der Waals surface area contributed by atoms with E-state index in [0.717, 1.165) is 23.4 Å². The Balaban J connectivity index is 1.87. The van der Waals surface area contributed by atoms with Crippen LogP contribution in [-0.2, 0) is 25.4 Å². The first-order valence-corrected chi connectivity index (χ1v) is 8.82. The summed E-state index contributed by atoms with van der Waals surface area (Å²) < 4.78 is 12.5. The van der Waals surface area contributed by atoms with Crippen molar-refractivity contribution in [2.45, 2.75) is 39.2 Å². The fourth-order valence-electron chi connectivity index (χ4n) is 3.25. The topological polar surface area (TPSA) is 56.6 Å². The van der Waals surface area contributed by atoms with Gasteiger partial charge < -0.3 is 14.4 Å². The van der Waals surface area contributed by atoms with Gasteiger partial charge in [0.25, 0.3) is 5.91 Å². The van der Waals surface area contributed by atoms with Gasteiger partial charge in [0, 0.05) is 25.6 Å². The number of nitrogens with zero attached hydrogens (tertiary/aromatic N) is 3. The fourth-order valence-corrected chi connectivity index (χ4v) is 3.25. The predicted molar refractivity (Wildman–Crippen MR) is 99.9 cm³/mol. The van der Waals surface area contributed by atoms with E-state index in [4.69, 9.17) is 9.47 Å². The summed E-state index contributed by atoms with van der Waals surface area (Å²) in [6.45, 7) is 7.53. The molecule has 140 valence electrons. The number of aromatic nitrogens is 2. The van der Waals surface area contributed by atoms with E-state index < -0.39 is 0 Å². The number of aryl methyl sites for hydroxylation is 1. The van der Waals surface area contributed by atoms with Crippen molar-refractivity contribution < 1.29 is 14.3 Å². The summed E-state index contributed by atoms with van der Waals surface area (Å²) in [5, 5.41) is 4.52. The molecule has 1 amide bonds. The van der Waals surface area contributed by atoms with Crippen molar-refractivity contribution in [3.63, 3.8) is 0 Å². The van der Waals surface area contributed by atoms with Crippen LogP contribution < -0.4 is 9.47 Å². The van der Waals surface area contributed by atoms with E-state index in [0.29, 0.717) is 24.5 Å². The van der Waals surface area contributed by atoms with Crippen molar-refractivity contribution in [3.05, 3.63) is 40.7 Å². The molecule has 0 N–H and O–H groups in total. The van der Waals surface area contributed by atoms with Crippen LogP contribution in [0.4, 0.5) is 0 Å². The normalized spacial score (nSPS) is 14.2. The third-order valence-electron chi connectivity index (χ3n) is 4.87. The Bertz CT molecular complexity index is 834. The Hall–Kier alpha value is -2.50. The van der Waals surface area contributed by atoms with Crippen molar-refractivity contribution >= 4 is 5.91 Å². The molecule has 1 aromatic carbocycles. The third kappa shape index (κ3) is 3.28. The Morgan fingerprint density at radius 2 is 1.69 bits per heavy atom. The van der Waals surface area contributed by atoms with Gasteiger partial charge in [-0.05, 0) is 35.7 Å². The van der Waals surface area contributed by atoms with Gasteiger partial charge in [-0.1, -0.05) is 20.8 Å².